The number of nitrogens with zero attached hydrogens (tertiary/aromatic N) is 1. The van der Waals surface area contributed by atoms with Crippen molar-refractivity contribution in [2.75, 3.05) is 19.6 Å². The first-order valence-corrected chi connectivity index (χ1v) is 6.84. The SMILES string of the molecule is CC1CCCNC1C(=O)N1CCC(C(=O)O)CC1. The van der Waals surface area contributed by atoms with Gasteiger partial charge in [0.05, 0.1) is 12.0 Å². The van der Waals surface area contributed by atoms with Crippen molar-refractivity contribution in [2.24, 2.45) is 11.8 Å². The number of rotatable bonds is 2. The van der Waals surface area contributed by atoms with Crippen LogP contribution in [0.2, 0.25) is 0 Å². The first-order valence-electron chi connectivity index (χ1n) is 6.84. The molecule has 2 rings (SSSR count). The third kappa shape index (κ3) is 2.83. The molecule has 18 heavy (non-hydrogen) atoms. The summed E-state index contributed by atoms with van der Waals surface area (Å²) in [5.74, 6) is -0.466. The topological polar surface area (TPSA) is 69.6 Å². The van der Waals surface area contributed by atoms with Gasteiger partial charge >= 0.3 is 5.97 Å². The molecule has 0 saturated carbocycles. The van der Waals surface area contributed by atoms with E-state index in [2.05, 4.69) is 12.2 Å². The number of carbonyl (C=O) groups is 2. The van der Waals surface area contributed by atoms with E-state index in [4.69, 9.17) is 5.11 Å². The molecule has 5 heteroatoms. The van der Waals surface area contributed by atoms with E-state index in [0.29, 0.717) is 31.8 Å². The molecular formula is C13H22N2O3. The summed E-state index contributed by atoms with van der Waals surface area (Å²) < 4.78 is 0. The average Bonchev–Trinajstić information content (AvgIpc) is 2.38. The van der Waals surface area contributed by atoms with Gasteiger partial charge in [-0.2, -0.15) is 0 Å². The first-order chi connectivity index (χ1) is 8.59. The molecule has 0 aromatic carbocycles. The largest absolute Gasteiger partial charge is 0.481 e. The van der Waals surface area contributed by atoms with Crippen LogP contribution in [0.15, 0.2) is 0 Å². The Labute approximate surface area is 108 Å². The molecule has 5 nitrogen and oxygen atoms in total. The van der Waals surface area contributed by atoms with Gasteiger partial charge in [0.25, 0.3) is 0 Å². The van der Waals surface area contributed by atoms with Gasteiger partial charge in [0, 0.05) is 13.1 Å². The smallest absolute Gasteiger partial charge is 0.306 e. The van der Waals surface area contributed by atoms with E-state index in [-0.39, 0.29) is 17.9 Å². The number of amides is 1. The van der Waals surface area contributed by atoms with E-state index < -0.39 is 5.97 Å². The lowest BCUT2D eigenvalue weighted by atomic mass is 9.90. The molecule has 0 bridgehead atoms. The average molecular weight is 254 g/mol. The van der Waals surface area contributed by atoms with Crippen LogP contribution in [0.3, 0.4) is 0 Å². The molecule has 2 fully saturated rings. The minimum Gasteiger partial charge on any atom is -0.481 e. The molecule has 0 aliphatic carbocycles. The number of nitrogens with one attached hydrogen (secondary N) is 1. The standard InChI is InChI=1S/C13H22N2O3/c1-9-3-2-6-14-11(9)12(16)15-7-4-10(5-8-15)13(17)18/h9-11,14H,2-8H2,1H3,(H,17,18). The molecule has 2 saturated heterocycles. The predicted molar refractivity (Wildman–Crippen MR) is 67.1 cm³/mol. The van der Waals surface area contributed by atoms with E-state index >= 15 is 0 Å². The summed E-state index contributed by atoms with van der Waals surface area (Å²) in [5.41, 5.74) is 0. The van der Waals surface area contributed by atoms with Crippen molar-refractivity contribution in [1.82, 2.24) is 10.2 Å². The summed E-state index contributed by atoms with van der Waals surface area (Å²) in [6, 6.07) is -0.0693. The van der Waals surface area contributed by atoms with E-state index in [1.807, 2.05) is 4.90 Å². The maximum absolute atomic E-state index is 12.4. The Balaban J connectivity index is 1.88. The predicted octanol–water partition coefficient (Wildman–Crippen LogP) is 0.698. The van der Waals surface area contributed by atoms with Crippen LogP contribution in [-0.4, -0.2) is 47.6 Å². The highest BCUT2D eigenvalue weighted by Crippen LogP contribution is 2.22. The molecule has 2 atom stereocenters. The Kier molecular flexibility index (Phi) is 4.22. The Bertz CT molecular complexity index is 324. The maximum atomic E-state index is 12.4. The Morgan fingerprint density at radius 2 is 1.89 bits per heavy atom. The lowest BCUT2D eigenvalue weighted by Crippen LogP contribution is -2.54. The van der Waals surface area contributed by atoms with Gasteiger partial charge < -0.3 is 15.3 Å². The molecule has 0 aromatic heterocycles. The van der Waals surface area contributed by atoms with Crippen LogP contribution in [-0.2, 0) is 9.59 Å². The fraction of sp³-hybridized carbons (Fsp3) is 0.846. The first kappa shape index (κ1) is 13.3. The third-order valence-corrected chi connectivity index (χ3v) is 4.19. The summed E-state index contributed by atoms with van der Waals surface area (Å²) >= 11 is 0. The minimum absolute atomic E-state index is 0.0693. The number of carbonyl (C=O) groups excluding carboxylic acids is 1. The highest BCUT2D eigenvalue weighted by atomic mass is 16.4. The second-order valence-electron chi connectivity index (χ2n) is 5.49. The Morgan fingerprint density at radius 3 is 2.44 bits per heavy atom. The molecule has 0 radical (unpaired) electrons. The number of carboxylic acid groups (broad SMARTS) is 1. The monoisotopic (exact) mass is 254 g/mol. The van der Waals surface area contributed by atoms with Gasteiger partial charge in [-0.1, -0.05) is 6.92 Å². The molecule has 0 aromatic rings. The fourth-order valence-electron chi connectivity index (χ4n) is 2.92. The minimum atomic E-state index is -0.730. The van der Waals surface area contributed by atoms with Crippen molar-refractivity contribution in [3.8, 4) is 0 Å². The fourth-order valence-corrected chi connectivity index (χ4v) is 2.92. The maximum Gasteiger partial charge on any atom is 0.306 e. The Hall–Kier alpha value is -1.10. The van der Waals surface area contributed by atoms with Crippen molar-refractivity contribution in [3.63, 3.8) is 0 Å². The number of aliphatic carboxylic acids is 1. The second kappa shape index (κ2) is 5.69. The number of carboxylic acids is 1. The number of piperidine rings is 2. The molecule has 2 aliphatic rings. The van der Waals surface area contributed by atoms with E-state index in [9.17, 15) is 9.59 Å². The summed E-state index contributed by atoms with van der Waals surface area (Å²) in [6.45, 7) is 4.19. The molecular weight excluding hydrogens is 232 g/mol. The van der Waals surface area contributed by atoms with Gasteiger partial charge in [-0.3, -0.25) is 9.59 Å². The molecule has 1 amide bonds. The van der Waals surface area contributed by atoms with Gasteiger partial charge in [-0.15, -0.1) is 0 Å². The molecule has 102 valence electrons. The summed E-state index contributed by atoms with van der Waals surface area (Å²) in [4.78, 5) is 25.1. The van der Waals surface area contributed by atoms with Crippen LogP contribution in [0.5, 0.6) is 0 Å². The quantitative estimate of drug-likeness (QED) is 0.761. The highest BCUT2D eigenvalue weighted by Gasteiger charge is 2.33. The van der Waals surface area contributed by atoms with Crippen molar-refractivity contribution in [1.29, 1.82) is 0 Å². The molecule has 0 spiro atoms. The lowest BCUT2D eigenvalue weighted by Gasteiger charge is -2.36. The number of hydrogen-bond donors (Lipinski definition) is 2. The van der Waals surface area contributed by atoms with Crippen LogP contribution >= 0.6 is 0 Å². The van der Waals surface area contributed by atoms with Crippen molar-refractivity contribution < 1.29 is 14.7 Å². The van der Waals surface area contributed by atoms with Gasteiger partial charge in [0.15, 0.2) is 0 Å². The van der Waals surface area contributed by atoms with E-state index in [1.54, 1.807) is 0 Å². The van der Waals surface area contributed by atoms with Crippen LogP contribution in [0.4, 0.5) is 0 Å². The second-order valence-corrected chi connectivity index (χ2v) is 5.49. The molecule has 2 aliphatic heterocycles. The summed E-state index contributed by atoms with van der Waals surface area (Å²) in [7, 11) is 0. The summed E-state index contributed by atoms with van der Waals surface area (Å²) in [5, 5.41) is 12.2. The lowest BCUT2D eigenvalue weighted by molar-refractivity contribution is -0.146. The van der Waals surface area contributed by atoms with Crippen LogP contribution in [0.1, 0.15) is 32.6 Å². The van der Waals surface area contributed by atoms with E-state index in [1.165, 1.54) is 0 Å². The third-order valence-electron chi connectivity index (χ3n) is 4.19. The highest BCUT2D eigenvalue weighted by molar-refractivity contribution is 5.82. The Morgan fingerprint density at radius 1 is 1.22 bits per heavy atom. The number of hydrogen-bond acceptors (Lipinski definition) is 3. The van der Waals surface area contributed by atoms with Gasteiger partial charge in [-0.05, 0) is 38.1 Å². The van der Waals surface area contributed by atoms with Crippen LogP contribution in [0.25, 0.3) is 0 Å². The zero-order valence-electron chi connectivity index (χ0n) is 10.9. The van der Waals surface area contributed by atoms with Gasteiger partial charge in [-0.25, -0.2) is 0 Å². The van der Waals surface area contributed by atoms with Gasteiger partial charge in [0.2, 0.25) is 5.91 Å². The van der Waals surface area contributed by atoms with Crippen molar-refractivity contribution in [3.05, 3.63) is 0 Å². The van der Waals surface area contributed by atoms with Crippen LogP contribution < -0.4 is 5.32 Å². The normalized spacial score (nSPS) is 30.2. The van der Waals surface area contributed by atoms with Crippen molar-refractivity contribution in [2.45, 2.75) is 38.6 Å². The van der Waals surface area contributed by atoms with Crippen LogP contribution in [0, 0.1) is 11.8 Å². The van der Waals surface area contributed by atoms with E-state index in [0.717, 1.165) is 19.4 Å². The summed E-state index contributed by atoms with van der Waals surface area (Å²) in [6.07, 6.45) is 3.39. The molecule has 2 N–H and O–H groups in total. The molecule has 2 unspecified atom stereocenters. The molecule has 2 heterocycles. The zero-order valence-corrected chi connectivity index (χ0v) is 10.9. The van der Waals surface area contributed by atoms with Gasteiger partial charge in [0.1, 0.15) is 0 Å². The zero-order chi connectivity index (χ0) is 13.1. The number of likely N-dealkylation sites (tertiary alicyclic amines) is 1. The van der Waals surface area contributed by atoms with Crippen molar-refractivity contribution >= 4 is 11.9 Å².